The monoisotopic (exact) mass is 366 g/mol. The van der Waals surface area contributed by atoms with E-state index in [2.05, 4.69) is 0 Å². The number of halogens is 2. The average molecular weight is 367 g/mol. The van der Waals surface area contributed by atoms with E-state index in [9.17, 15) is 14.0 Å². The molecule has 1 aliphatic carbocycles. The Morgan fingerprint density at radius 1 is 0.923 bits per heavy atom. The zero-order chi connectivity index (χ0) is 18.3. The quantitative estimate of drug-likeness (QED) is 0.477. The number of rotatable bonds is 3. The van der Waals surface area contributed by atoms with Crippen LogP contribution < -0.4 is 0 Å². The minimum absolute atomic E-state index is 0.0614. The molecule has 0 fully saturated rings. The van der Waals surface area contributed by atoms with Gasteiger partial charge in [0.2, 0.25) is 0 Å². The van der Waals surface area contributed by atoms with Crippen molar-refractivity contribution in [2.75, 3.05) is 0 Å². The van der Waals surface area contributed by atoms with Crippen LogP contribution in [0.15, 0.2) is 60.7 Å². The molecule has 0 atom stereocenters. The van der Waals surface area contributed by atoms with Crippen molar-refractivity contribution in [1.29, 1.82) is 0 Å². The zero-order valence-electron chi connectivity index (χ0n) is 13.5. The second kappa shape index (κ2) is 6.39. The van der Waals surface area contributed by atoms with Crippen molar-refractivity contribution in [3.05, 3.63) is 93.8 Å². The minimum atomic E-state index is -0.607. The zero-order valence-corrected chi connectivity index (χ0v) is 14.2. The highest BCUT2D eigenvalue weighted by Crippen LogP contribution is 2.37. The summed E-state index contributed by atoms with van der Waals surface area (Å²) in [5.41, 5.74) is 3.08. The number of carbonyl (C=O) groups is 2. The molecule has 0 spiro atoms. The van der Waals surface area contributed by atoms with Crippen LogP contribution in [0.3, 0.4) is 0 Å². The second-order valence-corrected chi connectivity index (χ2v) is 6.32. The van der Waals surface area contributed by atoms with Gasteiger partial charge in [-0.25, -0.2) is 9.18 Å². The van der Waals surface area contributed by atoms with Crippen molar-refractivity contribution in [2.24, 2.45) is 0 Å². The summed E-state index contributed by atoms with van der Waals surface area (Å²) in [5, 5.41) is 0.200. The Kier molecular flexibility index (Phi) is 4.05. The van der Waals surface area contributed by atoms with Gasteiger partial charge in [-0.2, -0.15) is 0 Å². The SMILES string of the molecule is O=C(OCc1c(F)cccc1Cl)c1ccc2c(c1)-c1ccccc1C2=O. The molecule has 26 heavy (non-hydrogen) atoms. The van der Waals surface area contributed by atoms with Gasteiger partial charge in [0.25, 0.3) is 0 Å². The molecule has 0 aliphatic heterocycles. The standard InChI is InChI=1S/C21H12ClFO3/c22-18-6-3-7-19(23)17(18)11-26-21(25)12-8-9-15-16(10-12)13-4-1-2-5-14(13)20(15)24/h1-10H,11H2. The van der Waals surface area contributed by atoms with E-state index in [1.807, 2.05) is 12.1 Å². The third kappa shape index (κ3) is 2.68. The molecule has 0 bridgehead atoms. The van der Waals surface area contributed by atoms with Crippen LogP contribution in [0.2, 0.25) is 5.02 Å². The smallest absolute Gasteiger partial charge is 0.338 e. The molecule has 5 heteroatoms. The molecule has 0 saturated heterocycles. The van der Waals surface area contributed by atoms with Gasteiger partial charge < -0.3 is 4.74 Å². The number of hydrogen-bond donors (Lipinski definition) is 0. The van der Waals surface area contributed by atoms with Crippen LogP contribution >= 0.6 is 11.6 Å². The van der Waals surface area contributed by atoms with E-state index in [1.54, 1.807) is 24.3 Å². The topological polar surface area (TPSA) is 43.4 Å². The van der Waals surface area contributed by atoms with E-state index >= 15 is 0 Å². The first-order valence-electron chi connectivity index (χ1n) is 7.94. The van der Waals surface area contributed by atoms with Gasteiger partial charge in [-0.3, -0.25) is 4.79 Å². The molecule has 0 unspecified atom stereocenters. The van der Waals surface area contributed by atoms with E-state index in [-0.39, 0.29) is 23.0 Å². The highest BCUT2D eigenvalue weighted by molar-refractivity contribution is 6.31. The molecule has 0 saturated carbocycles. The van der Waals surface area contributed by atoms with Gasteiger partial charge in [-0.1, -0.05) is 41.9 Å². The molecule has 0 heterocycles. The Balaban J connectivity index is 1.61. The number of ether oxygens (including phenoxy) is 1. The summed E-state index contributed by atoms with van der Waals surface area (Å²) in [5.74, 6) is -1.20. The molecular formula is C21H12ClFO3. The van der Waals surface area contributed by atoms with Crippen molar-refractivity contribution in [1.82, 2.24) is 0 Å². The lowest BCUT2D eigenvalue weighted by Crippen LogP contribution is -2.07. The molecular weight excluding hydrogens is 355 g/mol. The third-order valence-corrected chi connectivity index (χ3v) is 4.73. The van der Waals surface area contributed by atoms with E-state index in [1.165, 1.54) is 24.3 Å². The number of carbonyl (C=O) groups excluding carboxylic acids is 2. The third-order valence-electron chi connectivity index (χ3n) is 4.37. The summed E-state index contributed by atoms with van der Waals surface area (Å²) in [4.78, 5) is 24.7. The maximum absolute atomic E-state index is 13.8. The van der Waals surface area contributed by atoms with Gasteiger partial charge >= 0.3 is 5.97 Å². The first kappa shape index (κ1) is 16.5. The summed E-state index contributed by atoms with van der Waals surface area (Å²) in [6, 6.07) is 16.3. The number of hydrogen-bond acceptors (Lipinski definition) is 3. The van der Waals surface area contributed by atoms with Crippen LogP contribution in [0.5, 0.6) is 0 Å². The predicted octanol–water partition coefficient (Wildman–Crippen LogP) is 5.05. The fourth-order valence-electron chi connectivity index (χ4n) is 3.04. The first-order chi connectivity index (χ1) is 12.6. The van der Waals surface area contributed by atoms with Gasteiger partial charge in [-0.05, 0) is 41.5 Å². The Bertz CT molecular complexity index is 1040. The maximum Gasteiger partial charge on any atom is 0.338 e. The molecule has 3 aromatic carbocycles. The van der Waals surface area contributed by atoms with Crippen molar-refractivity contribution >= 4 is 23.4 Å². The fraction of sp³-hybridized carbons (Fsp3) is 0.0476. The summed E-state index contributed by atoms with van der Waals surface area (Å²) < 4.78 is 19.0. The van der Waals surface area contributed by atoms with Crippen LogP contribution in [0.4, 0.5) is 4.39 Å². The summed E-state index contributed by atoms with van der Waals surface area (Å²) in [7, 11) is 0. The van der Waals surface area contributed by atoms with Crippen LogP contribution in [0.1, 0.15) is 31.8 Å². The van der Waals surface area contributed by atoms with Crippen molar-refractivity contribution < 1.29 is 18.7 Å². The number of benzene rings is 3. The average Bonchev–Trinajstić information content (AvgIpc) is 2.94. The Morgan fingerprint density at radius 3 is 2.42 bits per heavy atom. The van der Waals surface area contributed by atoms with Crippen LogP contribution in [-0.4, -0.2) is 11.8 Å². The van der Waals surface area contributed by atoms with Crippen molar-refractivity contribution in [3.63, 3.8) is 0 Å². The lowest BCUT2D eigenvalue weighted by molar-refractivity contribution is 0.0469. The molecule has 0 aromatic heterocycles. The molecule has 0 N–H and O–H groups in total. The molecule has 128 valence electrons. The predicted molar refractivity (Wildman–Crippen MR) is 95.8 cm³/mol. The fourth-order valence-corrected chi connectivity index (χ4v) is 3.26. The molecule has 0 radical (unpaired) electrons. The van der Waals surface area contributed by atoms with E-state index in [4.69, 9.17) is 16.3 Å². The molecule has 3 nitrogen and oxygen atoms in total. The van der Waals surface area contributed by atoms with Gasteiger partial charge in [0.15, 0.2) is 5.78 Å². The normalized spacial score (nSPS) is 11.8. The van der Waals surface area contributed by atoms with E-state index in [0.29, 0.717) is 22.3 Å². The highest BCUT2D eigenvalue weighted by atomic mass is 35.5. The molecule has 0 amide bonds. The minimum Gasteiger partial charge on any atom is -0.457 e. The summed E-state index contributed by atoms with van der Waals surface area (Å²) >= 11 is 5.94. The van der Waals surface area contributed by atoms with Gasteiger partial charge in [0, 0.05) is 16.7 Å². The lowest BCUT2D eigenvalue weighted by atomic mass is 10.0. The van der Waals surface area contributed by atoms with Gasteiger partial charge in [0.1, 0.15) is 12.4 Å². The number of fused-ring (bicyclic) bond motifs is 3. The van der Waals surface area contributed by atoms with Gasteiger partial charge in [0.05, 0.1) is 10.6 Å². The molecule has 3 aromatic rings. The Labute approximate surface area is 154 Å². The van der Waals surface area contributed by atoms with E-state index < -0.39 is 11.8 Å². The highest BCUT2D eigenvalue weighted by Gasteiger charge is 2.27. The molecule has 1 aliphatic rings. The number of ketones is 1. The summed E-state index contributed by atoms with van der Waals surface area (Å²) in [6.45, 7) is -0.267. The van der Waals surface area contributed by atoms with Crippen LogP contribution in [-0.2, 0) is 11.3 Å². The van der Waals surface area contributed by atoms with E-state index in [0.717, 1.165) is 5.56 Å². The Hall–Kier alpha value is -2.98. The van der Waals surface area contributed by atoms with Crippen molar-refractivity contribution in [3.8, 4) is 11.1 Å². The number of esters is 1. The lowest BCUT2D eigenvalue weighted by Gasteiger charge is -2.08. The second-order valence-electron chi connectivity index (χ2n) is 5.91. The largest absolute Gasteiger partial charge is 0.457 e. The summed E-state index contributed by atoms with van der Waals surface area (Å²) in [6.07, 6.45) is 0. The van der Waals surface area contributed by atoms with Gasteiger partial charge in [-0.15, -0.1) is 0 Å². The Morgan fingerprint density at radius 2 is 1.65 bits per heavy atom. The first-order valence-corrected chi connectivity index (χ1v) is 8.32. The van der Waals surface area contributed by atoms with Crippen LogP contribution in [0, 0.1) is 5.82 Å². The molecule has 4 rings (SSSR count). The maximum atomic E-state index is 13.8. The van der Waals surface area contributed by atoms with Crippen molar-refractivity contribution in [2.45, 2.75) is 6.61 Å². The van der Waals surface area contributed by atoms with Crippen LogP contribution in [0.25, 0.3) is 11.1 Å².